The van der Waals surface area contributed by atoms with Crippen molar-refractivity contribution in [3.05, 3.63) is 83.4 Å². The normalized spacial score (nSPS) is 15.7. The zero-order valence-corrected chi connectivity index (χ0v) is 18.6. The van der Waals surface area contributed by atoms with Gasteiger partial charge >= 0.3 is 5.97 Å². The molecule has 2 N–H and O–H groups in total. The first-order valence-corrected chi connectivity index (χ1v) is 12.0. The Hall–Kier alpha value is -3.16. The van der Waals surface area contributed by atoms with Crippen molar-refractivity contribution in [3.8, 4) is 16.9 Å². The summed E-state index contributed by atoms with van der Waals surface area (Å²) in [6.07, 6.45) is 2.16. The zero-order valence-electron chi connectivity index (χ0n) is 17.7. The van der Waals surface area contributed by atoms with Crippen LogP contribution in [-0.4, -0.2) is 26.1 Å². The highest BCUT2D eigenvalue weighted by atomic mass is 32.2. The number of carboxylic acid groups (broad SMARTS) is 1. The Morgan fingerprint density at radius 2 is 1.69 bits per heavy atom. The van der Waals surface area contributed by atoms with Crippen LogP contribution in [0.1, 0.15) is 35.6 Å². The third kappa shape index (κ3) is 4.84. The number of aliphatic carboxylic acids is 1. The summed E-state index contributed by atoms with van der Waals surface area (Å²) in [5, 5.41) is 8.90. The molecule has 0 saturated heterocycles. The molecule has 0 spiro atoms. The van der Waals surface area contributed by atoms with Crippen LogP contribution in [0.2, 0.25) is 0 Å². The number of nitrogens with one attached hydrogen (secondary N) is 1. The standard InChI is InChI=1S/C25H25NO5S/c1-17-8-10-18(11-9-17)19-12-14-20(15-13-19)32(29,30)26-23-6-2-5-22-21(23)4-3-7-24(22)31-16-25(27)28/h3-4,7-15,23,26H,2,5-6,16H2,1H3,(H,27,28)/t23-/m1/s1. The molecular weight excluding hydrogens is 426 g/mol. The van der Waals surface area contributed by atoms with Crippen LogP contribution in [0.5, 0.6) is 5.75 Å². The maximum absolute atomic E-state index is 13.1. The third-order valence-corrected chi connectivity index (χ3v) is 7.15. The second-order valence-electron chi connectivity index (χ2n) is 7.96. The Bertz CT molecular complexity index is 1220. The summed E-state index contributed by atoms with van der Waals surface area (Å²) in [6, 6.07) is 19.9. The summed E-state index contributed by atoms with van der Waals surface area (Å²) >= 11 is 0. The minimum absolute atomic E-state index is 0.207. The molecule has 0 radical (unpaired) electrons. The Labute approximate surface area is 187 Å². The van der Waals surface area contributed by atoms with Gasteiger partial charge in [-0.25, -0.2) is 17.9 Å². The predicted octanol–water partition coefficient (Wildman–Crippen LogP) is 4.48. The van der Waals surface area contributed by atoms with Crippen LogP contribution < -0.4 is 9.46 Å². The number of rotatable bonds is 7. The number of hydrogen-bond donors (Lipinski definition) is 2. The van der Waals surface area contributed by atoms with Crippen LogP contribution in [0.15, 0.2) is 71.6 Å². The van der Waals surface area contributed by atoms with Gasteiger partial charge in [0.2, 0.25) is 10.0 Å². The maximum atomic E-state index is 13.1. The SMILES string of the molecule is Cc1ccc(-c2ccc(S(=O)(=O)N[C@@H]3CCCc4c(OCC(=O)O)cccc43)cc2)cc1. The van der Waals surface area contributed by atoms with E-state index in [-0.39, 0.29) is 4.90 Å². The molecule has 0 amide bonds. The Morgan fingerprint density at radius 3 is 2.34 bits per heavy atom. The van der Waals surface area contributed by atoms with Crippen molar-refractivity contribution in [2.24, 2.45) is 0 Å². The van der Waals surface area contributed by atoms with Gasteiger partial charge < -0.3 is 9.84 Å². The van der Waals surface area contributed by atoms with Crippen LogP contribution in [0.4, 0.5) is 0 Å². The van der Waals surface area contributed by atoms with Crippen molar-refractivity contribution in [1.82, 2.24) is 4.72 Å². The first kappa shape index (κ1) is 22.0. The lowest BCUT2D eigenvalue weighted by Gasteiger charge is -2.27. The minimum atomic E-state index is -3.73. The molecule has 166 valence electrons. The van der Waals surface area contributed by atoms with E-state index in [1.165, 1.54) is 5.56 Å². The highest BCUT2D eigenvalue weighted by molar-refractivity contribution is 7.89. The fourth-order valence-electron chi connectivity index (χ4n) is 4.04. The molecule has 0 fully saturated rings. The molecule has 0 heterocycles. The minimum Gasteiger partial charge on any atom is -0.482 e. The molecule has 0 bridgehead atoms. The second-order valence-corrected chi connectivity index (χ2v) is 9.68. The van der Waals surface area contributed by atoms with E-state index in [4.69, 9.17) is 9.84 Å². The Kier molecular flexibility index (Phi) is 6.30. The van der Waals surface area contributed by atoms with Crippen molar-refractivity contribution in [1.29, 1.82) is 0 Å². The Balaban J connectivity index is 1.55. The molecule has 1 atom stereocenters. The average Bonchev–Trinajstić information content (AvgIpc) is 2.78. The molecule has 0 aromatic heterocycles. The summed E-state index contributed by atoms with van der Waals surface area (Å²) in [7, 11) is -3.73. The van der Waals surface area contributed by atoms with Gasteiger partial charge in [0, 0.05) is 6.04 Å². The molecule has 32 heavy (non-hydrogen) atoms. The van der Waals surface area contributed by atoms with Crippen LogP contribution in [0, 0.1) is 6.92 Å². The molecule has 0 unspecified atom stereocenters. The molecule has 3 aromatic carbocycles. The van der Waals surface area contributed by atoms with E-state index in [0.717, 1.165) is 28.7 Å². The summed E-state index contributed by atoms with van der Waals surface area (Å²) in [4.78, 5) is 11.1. The quantitative estimate of drug-likeness (QED) is 0.552. The first-order valence-electron chi connectivity index (χ1n) is 10.5. The molecule has 1 aliphatic rings. The number of ether oxygens (including phenoxy) is 1. The fourth-order valence-corrected chi connectivity index (χ4v) is 5.29. The monoisotopic (exact) mass is 451 g/mol. The van der Waals surface area contributed by atoms with Crippen LogP contribution in [0.25, 0.3) is 11.1 Å². The second kappa shape index (κ2) is 9.14. The predicted molar refractivity (Wildman–Crippen MR) is 122 cm³/mol. The van der Waals surface area contributed by atoms with E-state index < -0.39 is 28.6 Å². The number of aryl methyl sites for hydroxylation is 1. The van der Waals surface area contributed by atoms with Crippen molar-refractivity contribution in [3.63, 3.8) is 0 Å². The van der Waals surface area contributed by atoms with Gasteiger partial charge in [0.05, 0.1) is 4.90 Å². The number of carbonyl (C=O) groups is 1. The van der Waals surface area contributed by atoms with Crippen molar-refractivity contribution < 1.29 is 23.1 Å². The van der Waals surface area contributed by atoms with Crippen molar-refractivity contribution in [2.45, 2.75) is 37.1 Å². The lowest BCUT2D eigenvalue weighted by atomic mass is 9.87. The van der Waals surface area contributed by atoms with Gasteiger partial charge in [-0.2, -0.15) is 0 Å². The first-order chi connectivity index (χ1) is 15.3. The van der Waals surface area contributed by atoms with Crippen molar-refractivity contribution in [2.75, 3.05) is 6.61 Å². The number of benzene rings is 3. The molecule has 4 rings (SSSR count). The van der Waals surface area contributed by atoms with Gasteiger partial charge in [-0.05, 0) is 66.6 Å². The van der Waals surface area contributed by atoms with Crippen LogP contribution in [-0.2, 0) is 21.2 Å². The number of hydrogen-bond acceptors (Lipinski definition) is 4. The molecule has 0 aliphatic heterocycles. The number of sulfonamides is 1. The van der Waals surface area contributed by atoms with Crippen LogP contribution in [0.3, 0.4) is 0 Å². The summed E-state index contributed by atoms with van der Waals surface area (Å²) in [5.41, 5.74) is 4.85. The topological polar surface area (TPSA) is 92.7 Å². The molecule has 1 aliphatic carbocycles. The molecule has 7 heteroatoms. The number of fused-ring (bicyclic) bond motifs is 1. The molecule has 0 saturated carbocycles. The molecule has 6 nitrogen and oxygen atoms in total. The van der Waals surface area contributed by atoms with E-state index in [1.807, 2.05) is 49.4 Å². The molecule has 3 aromatic rings. The van der Waals surface area contributed by atoms with E-state index in [0.29, 0.717) is 18.6 Å². The van der Waals surface area contributed by atoms with Gasteiger partial charge in [0.25, 0.3) is 0 Å². The highest BCUT2D eigenvalue weighted by Gasteiger charge is 2.27. The zero-order chi connectivity index (χ0) is 22.7. The lowest BCUT2D eigenvalue weighted by Crippen LogP contribution is -2.31. The largest absolute Gasteiger partial charge is 0.482 e. The fraction of sp³-hybridized carbons (Fsp3) is 0.240. The number of carboxylic acids is 1. The Morgan fingerprint density at radius 1 is 1.03 bits per heavy atom. The third-order valence-electron chi connectivity index (χ3n) is 5.66. The van der Waals surface area contributed by atoms with E-state index in [9.17, 15) is 13.2 Å². The van der Waals surface area contributed by atoms with Gasteiger partial charge in [0.1, 0.15) is 5.75 Å². The van der Waals surface area contributed by atoms with Crippen molar-refractivity contribution >= 4 is 16.0 Å². The summed E-state index contributed by atoms with van der Waals surface area (Å²) < 4.78 is 34.4. The van der Waals surface area contributed by atoms with Gasteiger partial charge in [-0.1, -0.05) is 54.1 Å². The summed E-state index contributed by atoms with van der Waals surface area (Å²) in [6.45, 7) is 1.59. The summed E-state index contributed by atoms with van der Waals surface area (Å²) in [5.74, 6) is -0.555. The van der Waals surface area contributed by atoms with Gasteiger partial charge in [-0.15, -0.1) is 0 Å². The highest BCUT2D eigenvalue weighted by Crippen LogP contribution is 2.36. The van der Waals surface area contributed by atoms with E-state index in [2.05, 4.69) is 4.72 Å². The van der Waals surface area contributed by atoms with E-state index >= 15 is 0 Å². The van der Waals surface area contributed by atoms with Gasteiger partial charge in [0.15, 0.2) is 6.61 Å². The molecular formula is C25H25NO5S. The van der Waals surface area contributed by atoms with E-state index in [1.54, 1.807) is 24.3 Å². The van der Waals surface area contributed by atoms with Crippen LogP contribution >= 0.6 is 0 Å². The van der Waals surface area contributed by atoms with Gasteiger partial charge in [-0.3, -0.25) is 0 Å². The average molecular weight is 452 g/mol. The maximum Gasteiger partial charge on any atom is 0.341 e. The lowest BCUT2D eigenvalue weighted by molar-refractivity contribution is -0.139. The smallest absolute Gasteiger partial charge is 0.341 e.